The number of piperazine rings is 1. The maximum atomic E-state index is 11.8. The Balaban J connectivity index is 2.56. The van der Waals surface area contributed by atoms with Crippen molar-refractivity contribution >= 4 is 17.8 Å². The second kappa shape index (κ2) is 5.62. The Labute approximate surface area is 99.4 Å². The molecule has 0 aromatic heterocycles. The van der Waals surface area contributed by atoms with Gasteiger partial charge >= 0.3 is 5.97 Å². The van der Waals surface area contributed by atoms with Crippen LogP contribution < -0.4 is 5.32 Å². The molecule has 17 heavy (non-hydrogen) atoms. The van der Waals surface area contributed by atoms with Crippen LogP contribution in [-0.4, -0.2) is 72.0 Å². The predicted molar refractivity (Wildman–Crippen MR) is 59.3 cm³/mol. The lowest BCUT2D eigenvalue weighted by molar-refractivity contribution is -0.149. The minimum Gasteiger partial charge on any atom is -0.480 e. The first-order chi connectivity index (χ1) is 7.97. The van der Waals surface area contributed by atoms with Crippen molar-refractivity contribution in [3.8, 4) is 0 Å². The third-order valence-corrected chi connectivity index (χ3v) is 2.82. The van der Waals surface area contributed by atoms with Crippen LogP contribution in [0.2, 0.25) is 0 Å². The molecule has 1 aliphatic heterocycles. The highest BCUT2D eigenvalue weighted by molar-refractivity contribution is 6.01. The van der Waals surface area contributed by atoms with Gasteiger partial charge in [0.25, 0.3) is 5.91 Å². The van der Waals surface area contributed by atoms with E-state index in [4.69, 9.17) is 5.11 Å². The molecular formula is C10H17N3O4. The van der Waals surface area contributed by atoms with Gasteiger partial charge in [-0.3, -0.25) is 14.9 Å². The third kappa shape index (κ3) is 3.16. The van der Waals surface area contributed by atoms with Crippen LogP contribution in [0.4, 0.5) is 0 Å². The zero-order chi connectivity index (χ0) is 13.0. The number of likely N-dealkylation sites (N-methyl/N-ethyl adjacent to an activating group) is 1. The average molecular weight is 243 g/mol. The second-order valence-corrected chi connectivity index (χ2v) is 3.89. The molecule has 2 N–H and O–H groups in total. The minimum atomic E-state index is -1.21. The fraction of sp³-hybridized carbons (Fsp3) is 0.700. The second-order valence-electron chi connectivity index (χ2n) is 3.89. The van der Waals surface area contributed by atoms with Crippen LogP contribution in [-0.2, 0) is 14.4 Å². The maximum Gasteiger partial charge on any atom is 0.330 e. The van der Waals surface area contributed by atoms with Crippen molar-refractivity contribution in [2.45, 2.75) is 13.0 Å². The first-order valence-electron chi connectivity index (χ1n) is 5.41. The van der Waals surface area contributed by atoms with E-state index in [1.165, 1.54) is 18.9 Å². The molecule has 0 spiro atoms. The Hall–Kier alpha value is -1.63. The number of carboxylic acid groups (broad SMARTS) is 1. The van der Waals surface area contributed by atoms with E-state index in [0.29, 0.717) is 26.2 Å². The summed E-state index contributed by atoms with van der Waals surface area (Å²) in [7, 11) is 1.43. The lowest BCUT2D eigenvalue weighted by Crippen LogP contribution is -2.56. The van der Waals surface area contributed by atoms with Crippen molar-refractivity contribution in [2.75, 3.05) is 33.2 Å². The summed E-state index contributed by atoms with van der Waals surface area (Å²) in [6, 6.07) is -1.21. The number of hydrogen-bond donors (Lipinski definition) is 2. The monoisotopic (exact) mass is 243 g/mol. The van der Waals surface area contributed by atoms with Crippen LogP contribution >= 0.6 is 0 Å². The van der Waals surface area contributed by atoms with E-state index < -0.39 is 17.9 Å². The maximum absolute atomic E-state index is 11.8. The normalized spacial score (nSPS) is 17.8. The minimum absolute atomic E-state index is 0.0273. The van der Waals surface area contributed by atoms with E-state index in [2.05, 4.69) is 5.32 Å². The fourth-order valence-electron chi connectivity index (χ4n) is 1.78. The summed E-state index contributed by atoms with van der Waals surface area (Å²) in [4.78, 5) is 36.8. The molecule has 1 fully saturated rings. The Morgan fingerprint density at radius 2 is 1.59 bits per heavy atom. The molecule has 0 aliphatic carbocycles. The highest BCUT2D eigenvalue weighted by Crippen LogP contribution is 2.04. The number of hydrogen-bond acceptors (Lipinski definition) is 4. The van der Waals surface area contributed by atoms with Gasteiger partial charge in [0, 0.05) is 33.1 Å². The van der Waals surface area contributed by atoms with Gasteiger partial charge in [0.15, 0.2) is 6.04 Å². The smallest absolute Gasteiger partial charge is 0.330 e. The Morgan fingerprint density at radius 1 is 1.12 bits per heavy atom. The van der Waals surface area contributed by atoms with E-state index in [9.17, 15) is 14.4 Å². The van der Waals surface area contributed by atoms with E-state index in [1.54, 1.807) is 4.90 Å². The van der Waals surface area contributed by atoms with Gasteiger partial charge in [0.2, 0.25) is 5.91 Å². The SMILES string of the molecule is CNC(C(=O)O)C(=O)N1CCN(C(C)=O)CC1. The first kappa shape index (κ1) is 13.4. The molecule has 0 bridgehead atoms. The van der Waals surface area contributed by atoms with Crippen molar-refractivity contribution in [3.63, 3.8) is 0 Å². The lowest BCUT2D eigenvalue weighted by atomic mass is 10.2. The van der Waals surface area contributed by atoms with Gasteiger partial charge in [-0.15, -0.1) is 0 Å². The highest BCUT2D eigenvalue weighted by atomic mass is 16.4. The standard InChI is InChI=1S/C10H17N3O4/c1-7(14)12-3-5-13(6-4-12)9(15)8(11-2)10(16)17/h8,11H,3-6H2,1-2H3,(H,16,17). The molecule has 1 heterocycles. The molecule has 1 rings (SSSR count). The summed E-state index contributed by atoms with van der Waals surface area (Å²) in [5, 5.41) is 11.3. The van der Waals surface area contributed by atoms with Crippen LogP contribution in [0.3, 0.4) is 0 Å². The number of nitrogens with one attached hydrogen (secondary N) is 1. The molecule has 2 amide bonds. The van der Waals surface area contributed by atoms with E-state index >= 15 is 0 Å². The zero-order valence-electron chi connectivity index (χ0n) is 9.97. The molecular weight excluding hydrogens is 226 g/mol. The quantitative estimate of drug-likeness (QED) is 0.580. The van der Waals surface area contributed by atoms with Gasteiger partial charge in [0.05, 0.1) is 0 Å². The molecule has 1 unspecified atom stereocenters. The van der Waals surface area contributed by atoms with Crippen molar-refractivity contribution in [3.05, 3.63) is 0 Å². The number of carboxylic acids is 1. The molecule has 0 aromatic carbocycles. The largest absolute Gasteiger partial charge is 0.480 e. The fourth-order valence-corrected chi connectivity index (χ4v) is 1.78. The topological polar surface area (TPSA) is 89.9 Å². The molecule has 0 saturated carbocycles. The van der Waals surface area contributed by atoms with E-state index in [-0.39, 0.29) is 5.91 Å². The lowest BCUT2D eigenvalue weighted by Gasteiger charge is -2.35. The summed E-state index contributed by atoms with van der Waals surface area (Å²) in [5.74, 6) is -1.67. The molecule has 7 nitrogen and oxygen atoms in total. The number of rotatable bonds is 3. The Morgan fingerprint density at radius 3 is 1.94 bits per heavy atom. The van der Waals surface area contributed by atoms with Gasteiger partial charge in [0.1, 0.15) is 0 Å². The van der Waals surface area contributed by atoms with Crippen molar-refractivity contribution in [1.82, 2.24) is 15.1 Å². The summed E-state index contributed by atoms with van der Waals surface area (Å²) < 4.78 is 0. The van der Waals surface area contributed by atoms with Crippen molar-refractivity contribution in [2.24, 2.45) is 0 Å². The number of aliphatic carboxylic acids is 1. The molecule has 1 aliphatic rings. The summed E-state index contributed by atoms with van der Waals surface area (Å²) in [6.45, 7) is 3.15. The summed E-state index contributed by atoms with van der Waals surface area (Å²) in [6.07, 6.45) is 0. The molecule has 96 valence electrons. The summed E-state index contributed by atoms with van der Waals surface area (Å²) >= 11 is 0. The van der Waals surface area contributed by atoms with Gasteiger partial charge in [-0.25, -0.2) is 4.79 Å². The summed E-state index contributed by atoms with van der Waals surface area (Å²) in [5.41, 5.74) is 0. The molecule has 1 saturated heterocycles. The molecule has 1 atom stereocenters. The Kier molecular flexibility index (Phi) is 4.45. The van der Waals surface area contributed by atoms with Crippen LogP contribution in [0.1, 0.15) is 6.92 Å². The molecule has 0 radical (unpaired) electrons. The van der Waals surface area contributed by atoms with Gasteiger partial charge in [-0.05, 0) is 7.05 Å². The first-order valence-corrected chi connectivity index (χ1v) is 5.41. The molecule has 0 aromatic rings. The third-order valence-electron chi connectivity index (χ3n) is 2.82. The van der Waals surface area contributed by atoms with Crippen LogP contribution in [0, 0.1) is 0 Å². The van der Waals surface area contributed by atoms with Crippen molar-refractivity contribution < 1.29 is 19.5 Å². The number of carbonyl (C=O) groups is 3. The van der Waals surface area contributed by atoms with Crippen LogP contribution in [0.15, 0.2) is 0 Å². The number of amides is 2. The predicted octanol–water partition coefficient (Wildman–Crippen LogP) is -1.65. The number of nitrogens with zero attached hydrogens (tertiary/aromatic N) is 2. The van der Waals surface area contributed by atoms with Crippen LogP contribution in [0.5, 0.6) is 0 Å². The van der Waals surface area contributed by atoms with Crippen molar-refractivity contribution in [1.29, 1.82) is 0 Å². The van der Waals surface area contributed by atoms with E-state index in [1.807, 2.05) is 0 Å². The molecule has 7 heteroatoms. The van der Waals surface area contributed by atoms with E-state index in [0.717, 1.165) is 0 Å². The van der Waals surface area contributed by atoms with Gasteiger partial charge < -0.3 is 14.9 Å². The number of carbonyl (C=O) groups excluding carboxylic acids is 2. The Bertz CT molecular complexity index is 324. The highest BCUT2D eigenvalue weighted by Gasteiger charge is 2.31. The van der Waals surface area contributed by atoms with Gasteiger partial charge in [-0.2, -0.15) is 0 Å². The van der Waals surface area contributed by atoms with Gasteiger partial charge in [-0.1, -0.05) is 0 Å². The average Bonchev–Trinajstić information content (AvgIpc) is 2.29. The zero-order valence-corrected chi connectivity index (χ0v) is 9.97. The van der Waals surface area contributed by atoms with Crippen LogP contribution in [0.25, 0.3) is 0 Å².